The van der Waals surface area contributed by atoms with E-state index in [2.05, 4.69) is 14.9 Å². The molecule has 3 heterocycles. The predicted molar refractivity (Wildman–Crippen MR) is 110 cm³/mol. The molecule has 8 nitrogen and oxygen atoms in total. The van der Waals surface area contributed by atoms with Crippen molar-refractivity contribution < 1.29 is 4.79 Å². The van der Waals surface area contributed by atoms with Crippen molar-refractivity contribution in [1.82, 2.24) is 24.3 Å². The lowest BCUT2D eigenvalue weighted by atomic mass is 10.2. The van der Waals surface area contributed by atoms with Gasteiger partial charge in [-0.15, -0.1) is 0 Å². The number of carbonyl (C=O) groups is 1. The molecule has 2 aromatic heterocycles. The molecule has 0 atom stereocenters. The normalized spacial score (nSPS) is 15.0. The fourth-order valence-corrected chi connectivity index (χ4v) is 3.73. The number of piperazine rings is 1. The van der Waals surface area contributed by atoms with Gasteiger partial charge in [-0.2, -0.15) is 0 Å². The Hall–Kier alpha value is -3.26. The van der Waals surface area contributed by atoms with Crippen molar-refractivity contribution in [1.29, 1.82) is 0 Å². The van der Waals surface area contributed by atoms with Gasteiger partial charge in [0.2, 0.25) is 5.91 Å². The van der Waals surface area contributed by atoms with Crippen LogP contribution in [0.3, 0.4) is 0 Å². The second-order valence-electron chi connectivity index (χ2n) is 7.19. The Morgan fingerprint density at radius 3 is 2.48 bits per heavy atom. The molecule has 0 aliphatic carbocycles. The molecule has 29 heavy (non-hydrogen) atoms. The van der Waals surface area contributed by atoms with Crippen molar-refractivity contribution in [3.05, 3.63) is 75.2 Å². The van der Waals surface area contributed by atoms with Crippen molar-refractivity contribution in [2.24, 2.45) is 0 Å². The number of hydrogen-bond acceptors (Lipinski definition) is 5. The van der Waals surface area contributed by atoms with Crippen LogP contribution in [0.5, 0.6) is 0 Å². The Labute approximate surface area is 167 Å². The third kappa shape index (κ3) is 4.27. The van der Waals surface area contributed by atoms with Crippen LogP contribution in [0.2, 0.25) is 0 Å². The quantitative estimate of drug-likeness (QED) is 0.693. The summed E-state index contributed by atoms with van der Waals surface area (Å²) in [4.78, 5) is 47.4. The van der Waals surface area contributed by atoms with E-state index in [9.17, 15) is 14.4 Å². The van der Waals surface area contributed by atoms with E-state index in [0.29, 0.717) is 24.0 Å². The van der Waals surface area contributed by atoms with Gasteiger partial charge < -0.3 is 4.90 Å². The molecule has 3 aromatic rings. The highest BCUT2D eigenvalue weighted by Gasteiger charge is 2.21. The highest BCUT2D eigenvalue weighted by Crippen LogP contribution is 2.11. The highest BCUT2D eigenvalue weighted by atomic mass is 16.2. The van der Waals surface area contributed by atoms with E-state index in [0.717, 1.165) is 19.6 Å². The third-order valence-electron chi connectivity index (χ3n) is 5.33. The van der Waals surface area contributed by atoms with E-state index in [1.54, 1.807) is 36.7 Å². The molecular formula is C21H23N5O3. The van der Waals surface area contributed by atoms with Crippen LogP contribution in [0.15, 0.2) is 58.4 Å². The van der Waals surface area contributed by atoms with Crippen molar-refractivity contribution in [3.8, 4) is 0 Å². The number of aromatic nitrogens is 3. The number of aryl methyl sites for hydroxylation is 1. The number of H-pyrrole nitrogens is 1. The topological polar surface area (TPSA) is 91.3 Å². The molecule has 0 radical (unpaired) electrons. The van der Waals surface area contributed by atoms with Gasteiger partial charge >= 0.3 is 5.69 Å². The van der Waals surface area contributed by atoms with E-state index < -0.39 is 11.2 Å². The summed E-state index contributed by atoms with van der Waals surface area (Å²) in [5, 5.41) is 0.448. The van der Waals surface area contributed by atoms with Crippen molar-refractivity contribution in [2.75, 3.05) is 26.2 Å². The van der Waals surface area contributed by atoms with Crippen molar-refractivity contribution in [2.45, 2.75) is 19.5 Å². The monoisotopic (exact) mass is 393 g/mol. The zero-order chi connectivity index (χ0) is 20.2. The number of amides is 1. The Kier molecular flexibility index (Phi) is 5.53. The standard InChI is InChI=1S/C21H23N5O3/c27-19(25-13-11-24(12-14-25)15-16-5-8-22-9-6-16)7-10-26-18-4-2-1-3-17(18)20(28)23-21(26)29/h1-6,8-9H,7,10-15H2,(H,23,28,29). The van der Waals surface area contributed by atoms with Crippen LogP contribution in [0.25, 0.3) is 10.9 Å². The minimum atomic E-state index is -0.483. The van der Waals surface area contributed by atoms with E-state index >= 15 is 0 Å². The van der Waals surface area contributed by atoms with Crippen LogP contribution in [-0.2, 0) is 17.9 Å². The maximum Gasteiger partial charge on any atom is 0.328 e. The summed E-state index contributed by atoms with van der Waals surface area (Å²) in [6, 6.07) is 10.9. The third-order valence-corrected chi connectivity index (χ3v) is 5.33. The summed E-state index contributed by atoms with van der Waals surface area (Å²) in [6.07, 6.45) is 3.80. The number of rotatable bonds is 5. The number of para-hydroxylation sites is 1. The average Bonchev–Trinajstić information content (AvgIpc) is 2.75. The molecule has 1 fully saturated rings. The van der Waals surface area contributed by atoms with Gasteiger partial charge in [0.15, 0.2) is 0 Å². The lowest BCUT2D eigenvalue weighted by Gasteiger charge is -2.34. The Balaban J connectivity index is 1.36. The molecule has 1 aliphatic heterocycles. The predicted octanol–water partition coefficient (Wildman–Crippen LogP) is 0.819. The smallest absolute Gasteiger partial charge is 0.328 e. The fourth-order valence-electron chi connectivity index (χ4n) is 3.73. The summed E-state index contributed by atoms with van der Waals surface area (Å²) in [7, 11) is 0. The maximum atomic E-state index is 12.7. The van der Waals surface area contributed by atoms with E-state index in [4.69, 9.17) is 0 Å². The number of aromatic amines is 1. The van der Waals surface area contributed by atoms with Crippen LogP contribution >= 0.6 is 0 Å². The first-order chi connectivity index (χ1) is 14.1. The Bertz CT molecular complexity index is 1110. The molecule has 150 valence electrons. The highest BCUT2D eigenvalue weighted by molar-refractivity contribution is 5.79. The van der Waals surface area contributed by atoms with Crippen LogP contribution in [0, 0.1) is 0 Å². The molecule has 1 aromatic carbocycles. The maximum absolute atomic E-state index is 12.7. The molecule has 1 N–H and O–H groups in total. The number of pyridine rings is 1. The summed E-state index contributed by atoms with van der Waals surface area (Å²) in [5.41, 5.74) is 0.877. The second-order valence-corrected chi connectivity index (χ2v) is 7.19. The molecule has 0 saturated carbocycles. The number of nitrogens with zero attached hydrogens (tertiary/aromatic N) is 4. The van der Waals surface area contributed by atoms with Gasteiger partial charge in [0.25, 0.3) is 5.56 Å². The number of hydrogen-bond donors (Lipinski definition) is 1. The summed E-state index contributed by atoms with van der Waals surface area (Å²) in [5.74, 6) is 0.0238. The van der Waals surface area contributed by atoms with Gasteiger partial charge in [-0.05, 0) is 29.8 Å². The number of fused-ring (bicyclic) bond motifs is 1. The Morgan fingerprint density at radius 2 is 1.72 bits per heavy atom. The number of benzene rings is 1. The molecule has 0 unspecified atom stereocenters. The molecular weight excluding hydrogens is 370 g/mol. The van der Waals surface area contributed by atoms with E-state index in [1.165, 1.54) is 10.1 Å². The molecule has 0 bridgehead atoms. The molecule has 8 heteroatoms. The fraction of sp³-hybridized carbons (Fsp3) is 0.333. The first-order valence-corrected chi connectivity index (χ1v) is 9.73. The van der Waals surface area contributed by atoms with E-state index in [1.807, 2.05) is 17.0 Å². The SMILES string of the molecule is O=C(CCn1c(=O)[nH]c(=O)c2ccccc21)N1CCN(Cc2ccncc2)CC1. The molecule has 1 amide bonds. The molecule has 0 spiro atoms. The first kappa shape index (κ1) is 19.1. The van der Waals surface area contributed by atoms with Gasteiger partial charge in [-0.25, -0.2) is 4.79 Å². The zero-order valence-corrected chi connectivity index (χ0v) is 16.1. The Morgan fingerprint density at radius 1 is 1.00 bits per heavy atom. The van der Waals surface area contributed by atoms with E-state index in [-0.39, 0.29) is 18.9 Å². The first-order valence-electron chi connectivity index (χ1n) is 9.73. The molecule has 1 saturated heterocycles. The minimum Gasteiger partial charge on any atom is -0.340 e. The summed E-state index contributed by atoms with van der Waals surface area (Å²) in [6.45, 7) is 4.07. The largest absolute Gasteiger partial charge is 0.340 e. The number of carbonyl (C=O) groups excluding carboxylic acids is 1. The van der Waals surface area contributed by atoms with Crippen molar-refractivity contribution >= 4 is 16.8 Å². The van der Waals surface area contributed by atoms with Crippen LogP contribution in [-0.4, -0.2) is 56.4 Å². The van der Waals surface area contributed by atoms with Gasteiger partial charge in [0.1, 0.15) is 0 Å². The molecule has 4 rings (SSSR count). The van der Waals surface area contributed by atoms with Gasteiger partial charge in [0, 0.05) is 58.1 Å². The lowest BCUT2D eigenvalue weighted by Crippen LogP contribution is -2.48. The van der Waals surface area contributed by atoms with Crippen LogP contribution in [0.4, 0.5) is 0 Å². The minimum absolute atomic E-state index is 0.0238. The second kappa shape index (κ2) is 8.40. The number of nitrogens with one attached hydrogen (secondary N) is 1. The summed E-state index contributed by atoms with van der Waals surface area (Å²) < 4.78 is 1.47. The average molecular weight is 393 g/mol. The van der Waals surface area contributed by atoms with Gasteiger partial charge in [0.05, 0.1) is 10.9 Å². The lowest BCUT2D eigenvalue weighted by molar-refractivity contribution is -0.133. The van der Waals surface area contributed by atoms with Crippen LogP contribution in [0.1, 0.15) is 12.0 Å². The summed E-state index contributed by atoms with van der Waals surface area (Å²) >= 11 is 0. The van der Waals surface area contributed by atoms with Gasteiger partial charge in [-0.3, -0.25) is 29.0 Å². The van der Waals surface area contributed by atoms with Crippen LogP contribution < -0.4 is 11.2 Å². The zero-order valence-electron chi connectivity index (χ0n) is 16.1. The molecule has 1 aliphatic rings. The van der Waals surface area contributed by atoms with Gasteiger partial charge in [-0.1, -0.05) is 12.1 Å². The van der Waals surface area contributed by atoms with Crippen molar-refractivity contribution in [3.63, 3.8) is 0 Å².